The largest absolute Gasteiger partial charge is 0.409 e. The van der Waals surface area contributed by atoms with Gasteiger partial charge in [0.15, 0.2) is 17.3 Å². The smallest absolute Gasteiger partial charge is 0.192 e. The first-order valence-electron chi connectivity index (χ1n) is 7.15. The molecule has 3 heterocycles. The van der Waals surface area contributed by atoms with E-state index in [0.717, 1.165) is 45.8 Å². The fourth-order valence-corrected chi connectivity index (χ4v) is 2.97. The van der Waals surface area contributed by atoms with Gasteiger partial charge in [-0.2, -0.15) is 0 Å². The van der Waals surface area contributed by atoms with Gasteiger partial charge in [0.25, 0.3) is 0 Å². The fourth-order valence-electron chi connectivity index (χ4n) is 2.97. The molecule has 8 nitrogen and oxygen atoms in total. The molecule has 2 aliphatic rings. The van der Waals surface area contributed by atoms with Gasteiger partial charge < -0.3 is 20.6 Å². The van der Waals surface area contributed by atoms with Gasteiger partial charge in [-0.25, -0.2) is 9.97 Å². The number of hydrogen-bond donors (Lipinski definition) is 2. The second kappa shape index (κ2) is 6.23. The summed E-state index contributed by atoms with van der Waals surface area (Å²) in [5.41, 5.74) is 6.12. The van der Waals surface area contributed by atoms with Crippen molar-refractivity contribution >= 4 is 11.7 Å². The van der Waals surface area contributed by atoms with E-state index < -0.39 is 0 Å². The molecule has 3 N–H and O–H groups in total. The van der Waals surface area contributed by atoms with E-state index in [0.29, 0.717) is 17.6 Å². The molecule has 3 rings (SSSR count). The highest BCUT2D eigenvalue weighted by molar-refractivity contribution is 5.99. The number of hydrogen-bond acceptors (Lipinski definition) is 7. The normalized spacial score (nSPS) is 24.5. The van der Waals surface area contributed by atoms with Crippen LogP contribution in [0, 0.1) is 0 Å². The van der Waals surface area contributed by atoms with Crippen LogP contribution >= 0.6 is 0 Å². The predicted molar refractivity (Wildman–Crippen MR) is 77.6 cm³/mol. The lowest BCUT2D eigenvalue weighted by Crippen LogP contribution is -2.44. The minimum absolute atomic E-state index is 0.00655. The topological polar surface area (TPSA) is 100 Å². The molecule has 114 valence electrons. The first-order valence-corrected chi connectivity index (χ1v) is 7.15. The van der Waals surface area contributed by atoms with Crippen molar-refractivity contribution in [3.05, 3.63) is 18.1 Å². The van der Waals surface area contributed by atoms with E-state index in [4.69, 9.17) is 15.7 Å². The standard InChI is InChI=1S/C13H20N6O2/c14-12(17-20)11-13(16-3-2-15-11)19-4-1-10(9-19)18-5-7-21-8-6-18/h2-3,10,20H,1,4-9H2,(H2,14,17). The van der Waals surface area contributed by atoms with Crippen molar-refractivity contribution < 1.29 is 9.94 Å². The summed E-state index contributed by atoms with van der Waals surface area (Å²) >= 11 is 0. The lowest BCUT2D eigenvalue weighted by atomic mass is 10.2. The van der Waals surface area contributed by atoms with Gasteiger partial charge in [-0.15, -0.1) is 0 Å². The lowest BCUT2D eigenvalue weighted by molar-refractivity contribution is 0.0209. The summed E-state index contributed by atoms with van der Waals surface area (Å²) in [4.78, 5) is 13.2. The Bertz CT molecular complexity index is 517. The molecule has 2 aliphatic heterocycles. The van der Waals surface area contributed by atoms with Gasteiger partial charge in [0.05, 0.1) is 13.2 Å². The number of aromatic nitrogens is 2. The van der Waals surface area contributed by atoms with Crippen molar-refractivity contribution in [2.45, 2.75) is 12.5 Å². The molecule has 1 unspecified atom stereocenters. The highest BCUT2D eigenvalue weighted by Crippen LogP contribution is 2.23. The lowest BCUT2D eigenvalue weighted by Gasteiger charge is -2.32. The van der Waals surface area contributed by atoms with Crippen molar-refractivity contribution in [2.75, 3.05) is 44.3 Å². The van der Waals surface area contributed by atoms with E-state index in [2.05, 4.69) is 24.9 Å². The van der Waals surface area contributed by atoms with Crippen LogP contribution in [-0.4, -0.2) is 71.3 Å². The van der Waals surface area contributed by atoms with Gasteiger partial charge in [0, 0.05) is 44.6 Å². The number of oxime groups is 1. The van der Waals surface area contributed by atoms with Crippen LogP contribution in [0.2, 0.25) is 0 Å². The summed E-state index contributed by atoms with van der Waals surface area (Å²) in [6, 6.07) is 0.496. The molecule has 0 radical (unpaired) electrons. The molecule has 2 saturated heterocycles. The van der Waals surface area contributed by atoms with Crippen molar-refractivity contribution in [2.24, 2.45) is 10.9 Å². The maximum Gasteiger partial charge on any atom is 0.192 e. The number of rotatable bonds is 3. The van der Waals surface area contributed by atoms with Crippen LogP contribution in [0.15, 0.2) is 17.5 Å². The minimum Gasteiger partial charge on any atom is -0.409 e. The van der Waals surface area contributed by atoms with E-state index in [9.17, 15) is 0 Å². The second-order valence-corrected chi connectivity index (χ2v) is 5.25. The van der Waals surface area contributed by atoms with Gasteiger partial charge in [-0.05, 0) is 6.42 Å². The minimum atomic E-state index is -0.00655. The van der Waals surface area contributed by atoms with Crippen LogP contribution in [0.3, 0.4) is 0 Å². The van der Waals surface area contributed by atoms with Crippen LogP contribution in [0.1, 0.15) is 12.1 Å². The van der Waals surface area contributed by atoms with Gasteiger partial charge >= 0.3 is 0 Å². The van der Waals surface area contributed by atoms with Gasteiger partial charge in [-0.1, -0.05) is 5.16 Å². The molecule has 8 heteroatoms. The Morgan fingerprint density at radius 3 is 2.81 bits per heavy atom. The summed E-state index contributed by atoms with van der Waals surface area (Å²) in [6.07, 6.45) is 4.25. The fraction of sp³-hybridized carbons (Fsp3) is 0.615. The molecule has 0 saturated carbocycles. The summed E-state index contributed by atoms with van der Waals surface area (Å²) in [6.45, 7) is 5.34. The maximum absolute atomic E-state index is 8.87. The van der Waals surface area contributed by atoms with Crippen LogP contribution in [0.5, 0.6) is 0 Å². The van der Waals surface area contributed by atoms with Crippen molar-refractivity contribution in [1.29, 1.82) is 0 Å². The SMILES string of the molecule is NC(=NO)c1nccnc1N1CCC(N2CCOCC2)C1. The number of ether oxygens (including phenoxy) is 1. The molecule has 1 aromatic heterocycles. The van der Waals surface area contributed by atoms with Crippen LogP contribution < -0.4 is 10.6 Å². The van der Waals surface area contributed by atoms with Crippen molar-refractivity contribution in [3.8, 4) is 0 Å². The Kier molecular flexibility index (Phi) is 4.16. The molecule has 0 amide bonds. The number of morpholine rings is 1. The average molecular weight is 292 g/mol. The van der Waals surface area contributed by atoms with E-state index in [1.165, 1.54) is 0 Å². The predicted octanol–water partition coefficient (Wildman–Crippen LogP) is -0.518. The molecule has 0 bridgehead atoms. The summed E-state index contributed by atoms with van der Waals surface area (Å²) in [5.74, 6) is 0.677. The number of nitrogens with zero attached hydrogens (tertiary/aromatic N) is 5. The maximum atomic E-state index is 8.87. The number of anilines is 1. The molecule has 1 atom stereocenters. The van der Waals surface area contributed by atoms with Crippen LogP contribution in [-0.2, 0) is 4.74 Å². The first kappa shape index (κ1) is 14.0. The Morgan fingerprint density at radius 1 is 1.29 bits per heavy atom. The number of nitrogens with two attached hydrogens (primary N) is 1. The molecular weight excluding hydrogens is 272 g/mol. The Morgan fingerprint density at radius 2 is 2.05 bits per heavy atom. The Hall–Kier alpha value is -1.93. The Balaban J connectivity index is 1.74. The van der Waals surface area contributed by atoms with Crippen molar-refractivity contribution in [3.63, 3.8) is 0 Å². The molecule has 0 aliphatic carbocycles. The molecule has 21 heavy (non-hydrogen) atoms. The molecule has 2 fully saturated rings. The third-order valence-electron chi connectivity index (χ3n) is 4.05. The van der Waals surface area contributed by atoms with Gasteiger partial charge in [-0.3, -0.25) is 4.90 Å². The molecule has 0 spiro atoms. The zero-order valence-corrected chi connectivity index (χ0v) is 11.9. The number of amidine groups is 1. The quantitative estimate of drug-likeness (QED) is 0.335. The van der Waals surface area contributed by atoms with Crippen LogP contribution in [0.25, 0.3) is 0 Å². The van der Waals surface area contributed by atoms with E-state index in [1.807, 2.05) is 0 Å². The molecule has 1 aromatic rings. The summed E-state index contributed by atoms with van der Waals surface area (Å²) in [5, 5.41) is 11.9. The van der Waals surface area contributed by atoms with E-state index in [-0.39, 0.29) is 5.84 Å². The van der Waals surface area contributed by atoms with Gasteiger partial charge in [0.2, 0.25) is 0 Å². The zero-order chi connectivity index (χ0) is 14.7. The average Bonchev–Trinajstić information content (AvgIpc) is 3.05. The summed E-state index contributed by atoms with van der Waals surface area (Å²) in [7, 11) is 0. The Labute approximate surface area is 123 Å². The first-order chi connectivity index (χ1) is 10.3. The van der Waals surface area contributed by atoms with E-state index >= 15 is 0 Å². The van der Waals surface area contributed by atoms with Crippen molar-refractivity contribution in [1.82, 2.24) is 14.9 Å². The zero-order valence-electron chi connectivity index (χ0n) is 11.9. The highest BCUT2D eigenvalue weighted by Gasteiger charge is 2.31. The second-order valence-electron chi connectivity index (χ2n) is 5.25. The third kappa shape index (κ3) is 2.91. The van der Waals surface area contributed by atoms with E-state index in [1.54, 1.807) is 12.4 Å². The molecular formula is C13H20N6O2. The summed E-state index contributed by atoms with van der Waals surface area (Å²) < 4.78 is 5.40. The highest BCUT2D eigenvalue weighted by atomic mass is 16.5. The van der Waals surface area contributed by atoms with Crippen LogP contribution in [0.4, 0.5) is 5.82 Å². The van der Waals surface area contributed by atoms with Gasteiger partial charge in [0.1, 0.15) is 0 Å². The molecule has 0 aromatic carbocycles. The monoisotopic (exact) mass is 292 g/mol. The third-order valence-corrected chi connectivity index (χ3v) is 4.05.